The van der Waals surface area contributed by atoms with Crippen LogP contribution in [0.2, 0.25) is 0 Å². The first kappa shape index (κ1) is 27.7. The highest BCUT2D eigenvalue weighted by atomic mass is 32.2. The first-order chi connectivity index (χ1) is 19.0. The molecule has 2 aromatic heterocycles. The number of benzene rings is 2. The van der Waals surface area contributed by atoms with Crippen LogP contribution in [0, 0.1) is 5.82 Å². The van der Waals surface area contributed by atoms with Gasteiger partial charge in [0.2, 0.25) is 5.09 Å². The molecule has 1 atom stereocenters. The van der Waals surface area contributed by atoms with Crippen molar-refractivity contribution >= 4 is 38.9 Å². The number of ketones is 1. The maximum Gasteiger partial charge on any atom is 0.417 e. The smallest absolute Gasteiger partial charge is 0.417 e. The molecular weight excluding hydrogens is 548 g/mol. The number of Topliss-reactive ketones (excluding diaryl/α,β-unsaturated/α-hetero) is 1. The first-order valence-corrected chi connectivity index (χ1v) is 14.0. The molecule has 5 rings (SSSR count). The zero-order valence-corrected chi connectivity index (χ0v) is 21.9. The lowest BCUT2D eigenvalue weighted by molar-refractivity contribution is -0.137. The molecule has 40 heavy (non-hydrogen) atoms. The Kier molecular flexibility index (Phi) is 7.61. The minimum Gasteiger partial charge on any atom is -0.443 e. The van der Waals surface area contributed by atoms with Gasteiger partial charge in [0.05, 0.1) is 17.3 Å². The molecule has 1 aliphatic rings. The van der Waals surface area contributed by atoms with Crippen LogP contribution in [-0.4, -0.2) is 36.1 Å². The molecule has 1 saturated heterocycles. The number of pyridine rings is 1. The van der Waals surface area contributed by atoms with Crippen LogP contribution in [0.15, 0.2) is 76.4 Å². The minimum atomic E-state index is -4.50. The van der Waals surface area contributed by atoms with Gasteiger partial charge in [-0.2, -0.15) is 17.5 Å². The van der Waals surface area contributed by atoms with Crippen molar-refractivity contribution in [2.24, 2.45) is 0 Å². The number of carbonyl (C=O) groups excluding carboxylic acids is 1. The Balaban J connectivity index is 1.26. The molecule has 1 aliphatic heterocycles. The van der Waals surface area contributed by atoms with Crippen LogP contribution in [0.25, 0.3) is 23.1 Å². The fraction of sp³-hybridized carbons (Fsp3) is 0.241. The standard InChI is InChI=1S/C29H24F4N2O4S/c30-24-13-7-19(16-20(24)9-11-23-12-10-22(18-34-23)29(31,32)33)8-14-26(36)25-5-3-15-35(25)40(37,38)28-17-21-4-1-2-6-27(21)39-28/h1-2,4,6-7,9-13,16-18,25H,3,5,8,14-15H2/b11-9+/t25-/m0/s1. The second-order valence-electron chi connectivity index (χ2n) is 9.50. The summed E-state index contributed by atoms with van der Waals surface area (Å²) < 4.78 is 85.9. The number of aryl methyl sites for hydroxylation is 1. The molecule has 0 saturated carbocycles. The zero-order chi connectivity index (χ0) is 28.5. The van der Waals surface area contributed by atoms with Crippen molar-refractivity contribution in [3.63, 3.8) is 0 Å². The molecule has 6 nitrogen and oxygen atoms in total. The Hall–Kier alpha value is -3.83. The van der Waals surface area contributed by atoms with Crippen LogP contribution in [0.1, 0.15) is 41.6 Å². The second-order valence-corrected chi connectivity index (χ2v) is 11.3. The van der Waals surface area contributed by atoms with Gasteiger partial charge in [0.1, 0.15) is 11.4 Å². The molecular formula is C29H24F4N2O4S. The lowest BCUT2D eigenvalue weighted by Crippen LogP contribution is -2.40. The van der Waals surface area contributed by atoms with Crippen molar-refractivity contribution in [2.75, 3.05) is 6.54 Å². The van der Waals surface area contributed by atoms with Gasteiger partial charge in [-0.3, -0.25) is 9.78 Å². The van der Waals surface area contributed by atoms with Crippen LogP contribution in [0.4, 0.5) is 17.6 Å². The molecule has 4 aromatic rings. The van der Waals surface area contributed by atoms with E-state index in [9.17, 15) is 30.8 Å². The fourth-order valence-electron chi connectivity index (χ4n) is 4.71. The molecule has 0 N–H and O–H groups in total. The third-order valence-electron chi connectivity index (χ3n) is 6.81. The Morgan fingerprint density at radius 2 is 1.88 bits per heavy atom. The van der Waals surface area contributed by atoms with Gasteiger partial charge in [-0.25, -0.2) is 12.8 Å². The maximum absolute atomic E-state index is 14.4. The number of furan rings is 1. The van der Waals surface area contributed by atoms with E-state index in [-0.39, 0.29) is 41.5 Å². The molecule has 0 aliphatic carbocycles. The Morgan fingerprint density at radius 3 is 2.60 bits per heavy atom. The highest BCUT2D eigenvalue weighted by molar-refractivity contribution is 7.89. The highest BCUT2D eigenvalue weighted by Crippen LogP contribution is 2.31. The second kappa shape index (κ2) is 11.0. The Morgan fingerprint density at radius 1 is 1.07 bits per heavy atom. The van der Waals surface area contributed by atoms with E-state index >= 15 is 0 Å². The SMILES string of the molecule is O=C(CCc1ccc(F)c(/C=C/c2ccc(C(F)(F)F)cn2)c1)[C@@H]1CCCN1S(=O)(=O)c1cc2ccccc2o1. The largest absolute Gasteiger partial charge is 0.443 e. The monoisotopic (exact) mass is 572 g/mol. The summed E-state index contributed by atoms with van der Waals surface area (Å²) >= 11 is 0. The third-order valence-corrected chi connectivity index (χ3v) is 8.57. The van der Waals surface area contributed by atoms with Gasteiger partial charge in [0, 0.05) is 36.2 Å². The average molecular weight is 573 g/mol. The van der Waals surface area contributed by atoms with Gasteiger partial charge in [-0.1, -0.05) is 24.3 Å². The van der Waals surface area contributed by atoms with E-state index in [4.69, 9.17) is 4.42 Å². The fourth-order valence-corrected chi connectivity index (χ4v) is 6.34. The molecule has 1 fully saturated rings. The number of hydrogen-bond acceptors (Lipinski definition) is 5. The van der Waals surface area contributed by atoms with Crippen molar-refractivity contribution in [1.29, 1.82) is 0 Å². The van der Waals surface area contributed by atoms with Crippen LogP contribution in [-0.2, 0) is 27.4 Å². The summed E-state index contributed by atoms with van der Waals surface area (Å²) in [6, 6.07) is 14.0. The molecule has 208 valence electrons. The summed E-state index contributed by atoms with van der Waals surface area (Å²) in [5, 5.41) is 0.448. The van der Waals surface area contributed by atoms with Crippen molar-refractivity contribution in [1.82, 2.24) is 9.29 Å². The minimum absolute atomic E-state index is 0.0477. The van der Waals surface area contributed by atoms with E-state index in [1.54, 1.807) is 30.3 Å². The molecule has 0 bridgehead atoms. The Labute approximate surface area is 228 Å². The van der Waals surface area contributed by atoms with Gasteiger partial charge >= 0.3 is 6.18 Å². The molecule has 0 radical (unpaired) electrons. The molecule has 2 aromatic carbocycles. The van der Waals surface area contributed by atoms with Crippen LogP contribution >= 0.6 is 0 Å². The average Bonchev–Trinajstić information content (AvgIpc) is 3.60. The number of nitrogens with zero attached hydrogens (tertiary/aromatic N) is 2. The lowest BCUT2D eigenvalue weighted by Gasteiger charge is -2.21. The van der Waals surface area contributed by atoms with E-state index in [1.165, 1.54) is 40.7 Å². The van der Waals surface area contributed by atoms with Crippen molar-refractivity contribution in [3.05, 3.63) is 95.1 Å². The van der Waals surface area contributed by atoms with E-state index < -0.39 is 33.6 Å². The third kappa shape index (κ3) is 5.85. The molecule has 0 amide bonds. The molecule has 0 unspecified atom stereocenters. The summed E-state index contributed by atoms with van der Waals surface area (Å²) in [5.74, 6) is -0.787. The number of alkyl halides is 3. The van der Waals surface area contributed by atoms with Crippen molar-refractivity contribution in [3.8, 4) is 0 Å². The van der Waals surface area contributed by atoms with Crippen molar-refractivity contribution in [2.45, 2.75) is 43.0 Å². The van der Waals surface area contributed by atoms with Gasteiger partial charge in [-0.05, 0) is 67.3 Å². The van der Waals surface area contributed by atoms with E-state index in [0.29, 0.717) is 35.6 Å². The number of sulfonamides is 1. The first-order valence-electron chi connectivity index (χ1n) is 12.6. The van der Waals surface area contributed by atoms with Gasteiger partial charge in [0.25, 0.3) is 10.0 Å². The van der Waals surface area contributed by atoms with Gasteiger partial charge in [0.15, 0.2) is 5.78 Å². The highest BCUT2D eigenvalue weighted by Gasteiger charge is 2.40. The molecule has 0 spiro atoms. The van der Waals surface area contributed by atoms with E-state index in [0.717, 1.165) is 6.07 Å². The van der Waals surface area contributed by atoms with Crippen LogP contribution in [0.3, 0.4) is 0 Å². The topological polar surface area (TPSA) is 80.5 Å². The van der Waals surface area contributed by atoms with Crippen molar-refractivity contribution < 1.29 is 35.2 Å². The maximum atomic E-state index is 14.4. The predicted molar refractivity (Wildman–Crippen MR) is 141 cm³/mol. The number of fused-ring (bicyclic) bond motifs is 1. The molecule has 3 heterocycles. The normalized spacial score (nSPS) is 16.8. The van der Waals surface area contributed by atoms with Gasteiger partial charge in [-0.15, -0.1) is 0 Å². The Bertz CT molecular complexity index is 1650. The summed E-state index contributed by atoms with van der Waals surface area (Å²) in [6.07, 6.45) is 0.246. The van der Waals surface area contributed by atoms with E-state index in [2.05, 4.69) is 4.98 Å². The quantitative estimate of drug-likeness (QED) is 0.225. The van der Waals surface area contributed by atoms with Gasteiger partial charge < -0.3 is 4.42 Å². The number of para-hydroxylation sites is 1. The number of rotatable bonds is 8. The summed E-state index contributed by atoms with van der Waals surface area (Å²) in [4.78, 5) is 16.9. The summed E-state index contributed by atoms with van der Waals surface area (Å²) in [7, 11) is -4.02. The zero-order valence-electron chi connectivity index (χ0n) is 21.1. The number of carbonyl (C=O) groups is 1. The van der Waals surface area contributed by atoms with Crippen LogP contribution in [0.5, 0.6) is 0 Å². The van der Waals surface area contributed by atoms with Crippen LogP contribution < -0.4 is 0 Å². The summed E-state index contributed by atoms with van der Waals surface area (Å²) in [5.41, 5.74) is 0.619. The van der Waals surface area contributed by atoms with E-state index in [1.807, 2.05) is 0 Å². The lowest BCUT2D eigenvalue weighted by atomic mass is 10.0. The number of halogens is 4. The number of hydrogen-bond donors (Lipinski definition) is 0. The molecule has 11 heteroatoms. The predicted octanol–water partition coefficient (Wildman–Crippen LogP) is 6.51. The summed E-state index contributed by atoms with van der Waals surface area (Å²) in [6.45, 7) is 0.208. The number of aromatic nitrogens is 1.